The quantitative estimate of drug-likeness (QED) is 0.703. The molecule has 0 aromatic carbocycles. The molecule has 0 fully saturated rings. The first-order chi connectivity index (χ1) is 5.34. The summed E-state index contributed by atoms with van der Waals surface area (Å²) in [5.41, 5.74) is 5.17. The van der Waals surface area contributed by atoms with E-state index in [0.29, 0.717) is 6.54 Å². The highest BCUT2D eigenvalue weighted by atomic mass is 19.1. The zero-order valence-electron chi connectivity index (χ0n) is 6.07. The standard InChI is InChI=1S/C7H10FN3/c8-6(2-3-9)7-10-4-1-5-11-7/h1,4-6H,2-3,9H2. The molecule has 2 N–H and O–H groups in total. The van der Waals surface area contributed by atoms with Crippen LogP contribution in [0.3, 0.4) is 0 Å². The molecule has 0 saturated heterocycles. The predicted molar refractivity (Wildman–Crippen MR) is 39.6 cm³/mol. The first-order valence-corrected chi connectivity index (χ1v) is 3.45. The van der Waals surface area contributed by atoms with E-state index < -0.39 is 6.17 Å². The summed E-state index contributed by atoms with van der Waals surface area (Å²) >= 11 is 0. The van der Waals surface area contributed by atoms with E-state index in [0.717, 1.165) is 0 Å². The number of hydrogen-bond acceptors (Lipinski definition) is 3. The predicted octanol–water partition coefficient (Wildman–Crippen LogP) is 0.836. The van der Waals surface area contributed by atoms with Gasteiger partial charge in [0.2, 0.25) is 0 Å². The fourth-order valence-corrected chi connectivity index (χ4v) is 0.748. The Morgan fingerprint density at radius 2 is 2.09 bits per heavy atom. The number of aromatic nitrogens is 2. The second kappa shape index (κ2) is 3.98. The molecule has 0 aliphatic rings. The number of halogens is 1. The van der Waals surface area contributed by atoms with Crippen LogP contribution in [0.25, 0.3) is 0 Å². The van der Waals surface area contributed by atoms with Crippen molar-refractivity contribution in [3.63, 3.8) is 0 Å². The molecule has 0 radical (unpaired) electrons. The number of alkyl halides is 1. The lowest BCUT2D eigenvalue weighted by molar-refractivity contribution is 0.312. The highest BCUT2D eigenvalue weighted by Gasteiger charge is 2.09. The van der Waals surface area contributed by atoms with E-state index >= 15 is 0 Å². The van der Waals surface area contributed by atoms with Gasteiger partial charge in [-0.05, 0) is 19.0 Å². The zero-order chi connectivity index (χ0) is 8.10. The molecular weight excluding hydrogens is 145 g/mol. The maximum atomic E-state index is 12.9. The highest BCUT2D eigenvalue weighted by molar-refractivity contribution is 4.92. The van der Waals surface area contributed by atoms with E-state index in [1.807, 2.05) is 0 Å². The minimum absolute atomic E-state index is 0.220. The van der Waals surface area contributed by atoms with Crippen LogP contribution in [0, 0.1) is 0 Å². The minimum Gasteiger partial charge on any atom is -0.330 e. The summed E-state index contributed by atoms with van der Waals surface area (Å²) < 4.78 is 12.9. The van der Waals surface area contributed by atoms with Gasteiger partial charge in [-0.25, -0.2) is 14.4 Å². The molecule has 11 heavy (non-hydrogen) atoms. The van der Waals surface area contributed by atoms with E-state index in [1.54, 1.807) is 6.07 Å². The van der Waals surface area contributed by atoms with E-state index in [4.69, 9.17) is 5.73 Å². The highest BCUT2D eigenvalue weighted by Crippen LogP contribution is 2.14. The Kier molecular flexibility index (Phi) is 2.92. The van der Waals surface area contributed by atoms with Gasteiger partial charge in [-0.1, -0.05) is 0 Å². The van der Waals surface area contributed by atoms with Crippen LogP contribution in [0.1, 0.15) is 18.4 Å². The first-order valence-electron chi connectivity index (χ1n) is 3.45. The molecule has 0 spiro atoms. The summed E-state index contributed by atoms with van der Waals surface area (Å²) in [6.07, 6.45) is 2.20. The van der Waals surface area contributed by atoms with Crippen LogP contribution in [0.4, 0.5) is 4.39 Å². The largest absolute Gasteiger partial charge is 0.330 e. The van der Waals surface area contributed by atoms with Crippen molar-refractivity contribution in [1.29, 1.82) is 0 Å². The second-order valence-electron chi connectivity index (χ2n) is 2.15. The molecule has 4 heteroatoms. The maximum absolute atomic E-state index is 12.9. The average Bonchev–Trinajstić information content (AvgIpc) is 2.07. The third-order valence-corrected chi connectivity index (χ3v) is 1.29. The Morgan fingerprint density at radius 1 is 1.45 bits per heavy atom. The van der Waals surface area contributed by atoms with E-state index in [-0.39, 0.29) is 12.2 Å². The van der Waals surface area contributed by atoms with Gasteiger partial charge in [-0.15, -0.1) is 0 Å². The van der Waals surface area contributed by atoms with Crippen LogP contribution in [0.5, 0.6) is 0 Å². The Bertz CT molecular complexity index is 202. The van der Waals surface area contributed by atoms with E-state index in [1.165, 1.54) is 12.4 Å². The number of hydrogen-bond donors (Lipinski definition) is 1. The number of rotatable bonds is 3. The molecule has 0 aliphatic heterocycles. The third-order valence-electron chi connectivity index (χ3n) is 1.29. The van der Waals surface area contributed by atoms with Crippen LogP contribution < -0.4 is 5.73 Å². The molecule has 60 valence electrons. The van der Waals surface area contributed by atoms with Crippen LogP contribution >= 0.6 is 0 Å². The molecule has 3 nitrogen and oxygen atoms in total. The van der Waals surface area contributed by atoms with Crippen molar-refractivity contribution >= 4 is 0 Å². The fourth-order valence-electron chi connectivity index (χ4n) is 0.748. The smallest absolute Gasteiger partial charge is 0.162 e. The summed E-state index contributed by atoms with van der Waals surface area (Å²) in [5.74, 6) is 0.220. The van der Waals surface area contributed by atoms with Crippen molar-refractivity contribution in [2.24, 2.45) is 5.73 Å². The molecule has 1 atom stereocenters. The van der Waals surface area contributed by atoms with Crippen molar-refractivity contribution < 1.29 is 4.39 Å². The molecule has 1 unspecified atom stereocenters. The van der Waals surface area contributed by atoms with Crippen molar-refractivity contribution in [3.8, 4) is 0 Å². The van der Waals surface area contributed by atoms with Crippen molar-refractivity contribution in [2.45, 2.75) is 12.6 Å². The molecular formula is C7H10FN3. The van der Waals surface area contributed by atoms with Gasteiger partial charge in [0, 0.05) is 12.4 Å². The van der Waals surface area contributed by atoms with Gasteiger partial charge in [0.15, 0.2) is 12.0 Å². The van der Waals surface area contributed by atoms with Gasteiger partial charge in [0.25, 0.3) is 0 Å². The molecule has 1 rings (SSSR count). The van der Waals surface area contributed by atoms with Crippen molar-refractivity contribution in [2.75, 3.05) is 6.54 Å². The van der Waals surface area contributed by atoms with Crippen LogP contribution in [-0.2, 0) is 0 Å². The Hall–Kier alpha value is -1.03. The lowest BCUT2D eigenvalue weighted by Gasteiger charge is -2.02. The van der Waals surface area contributed by atoms with Crippen molar-refractivity contribution in [3.05, 3.63) is 24.3 Å². The number of nitrogens with two attached hydrogens (primary N) is 1. The van der Waals surface area contributed by atoms with Crippen LogP contribution in [-0.4, -0.2) is 16.5 Å². The normalized spacial score (nSPS) is 12.9. The summed E-state index contributed by atoms with van der Waals surface area (Å²) in [7, 11) is 0. The summed E-state index contributed by atoms with van der Waals surface area (Å²) in [6, 6.07) is 1.65. The average molecular weight is 155 g/mol. The Morgan fingerprint density at radius 3 is 2.64 bits per heavy atom. The minimum atomic E-state index is -1.12. The molecule has 1 heterocycles. The molecule has 0 bridgehead atoms. The van der Waals surface area contributed by atoms with Crippen LogP contribution in [0.2, 0.25) is 0 Å². The summed E-state index contributed by atoms with van der Waals surface area (Å²) in [6.45, 7) is 0.319. The lowest BCUT2D eigenvalue weighted by Crippen LogP contribution is -2.06. The number of nitrogens with zero attached hydrogens (tertiary/aromatic N) is 2. The summed E-state index contributed by atoms with van der Waals surface area (Å²) in [5, 5.41) is 0. The summed E-state index contributed by atoms with van der Waals surface area (Å²) in [4.78, 5) is 7.51. The van der Waals surface area contributed by atoms with Gasteiger partial charge in [-0.3, -0.25) is 0 Å². The molecule has 0 amide bonds. The van der Waals surface area contributed by atoms with Gasteiger partial charge in [0.05, 0.1) is 0 Å². The SMILES string of the molecule is NCCC(F)c1ncccn1. The second-order valence-corrected chi connectivity index (χ2v) is 2.15. The monoisotopic (exact) mass is 155 g/mol. The van der Waals surface area contributed by atoms with Gasteiger partial charge >= 0.3 is 0 Å². The van der Waals surface area contributed by atoms with Gasteiger partial charge in [0.1, 0.15) is 0 Å². The first kappa shape index (κ1) is 8.07. The topological polar surface area (TPSA) is 51.8 Å². The molecule has 0 aliphatic carbocycles. The Labute approximate surface area is 64.5 Å². The maximum Gasteiger partial charge on any atom is 0.162 e. The molecule has 0 saturated carbocycles. The third kappa shape index (κ3) is 2.23. The van der Waals surface area contributed by atoms with E-state index in [9.17, 15) is 4.39 Å². The van der Waals surface area contributed by atoms with Crippen molar-refractivity contribution in [1.82, 2.24) is 9.97 Å². The lowest BCUT2D eigenvalue weighted by atomic mass is 10.2. The van der Waals surface area contributed by atoms with Gasteiger partial charge < -0.3 is 5.73 Å². The van der Waals surface area contributed by atoms with Crippen LogP contribution in [0.15, 0.2) is 18.5 Å². The fraction of sp³-hybridized carbons (Fsp3) is 0.429. The molecule has 1 aromatic rings. The van der Waals surface area contributed by atoms with Gasteiger partial charge in [-0.2, -0.15) is 0 Å². The molecule has 1 aromatic heterocycles. The van der Waals surface area contributed by atoms with E-state index in [2.05, 4.69) is 9.97 Å². The zero-order valence-corrected chi connectivity index (χ0v) is 6.07. The Balaban J connectivity index is 2.61.